The van der Waals surface area contributed by atoms with Gasteiger partial charge in [-0.2, -0.15) is 0 Å². The van der Waals surface area contributed by atoms with Crippen LogP contribution in [0.4, 0.5) is 5.69 Å². The summed E-state index contributed by atoms with van der Waals surface area (Å²) in [6, 6.07) is 5.16. The van der Waals surface area contributed by atoms with Crippen LogP contribution in [0.1, 0.15) is 12.8 Å². The number of amides is 2. The van der Waals surface area contributed by atoms with Crippen LogP contribution in [0.3, 0.4) is 0 Å². The molecule has 8 heteroatoms. The summed E-state index contributed by atoms with van der Waals surface area (Å²) in [5.41, 5.74) is 0.596. The van der Waals surface area contributed by atoms with Gasteiger partial charge in [-0.05, 0) is 18.6 Å². The van der Waals surface area contributed by atoms with Crippen molar-refractivity contribution in [2.24, 2.45) is 11.8 Å². The van der Waals surface area contributed by atoms with Crippen LogP contribution < -0.4 is 14.4 Å². The lowest BCUT2D eigenvalue weighted by Gasteiger charge is -2.22. The molecule has 1 aromatic rings. The first kappa shape index (κ1) is 18.0. The molecule has 2 fully saturated rings. The van der Waals surface area contributed by atoms with Gasteiger partial charge in [-0.1, -0.05) is 0 Å². The molecule has 1 N–H and O–H groups in total. The van der Waals surface area contributed by atoms with E-state index in [0.717, 1.165) is 0 Å². The molecule has 8 nitrogen and oxygen atoms in total. The number of hydrogen-bond acceptors (Lipinski definition) is 5. The van der Waals surface area contributed by atoms with Crippen LogP contribution in [0.2, 0.25) is 0 Å². The normalized spacial score (nSPS) is 22.6. The summed E-state index contributed by atoms with van der Waals surface area (Å²) in [6.07, 6.45) is 0.569. The quantitative estimate of drug-likeness (QED) is 0.839. The fourth-order valence-electron chi connectivity index (χ4n) is 3.53. The molecule has 0 spiro atoms. The molecule has 0 bridgehead atoms. The summed E-state index contributed by atoms with van der Waals surface area (Å²) in [7, 11) is 3.06. The number of likely N-dealkylation sites (tertiary alicyclic amines) is 1. The van der Waals surface area contributed by atoms with Gasteiger partial charge < -0.3 is 24.4 Å². The van der Waals surface area contributed by atoms with Gasteiger partial charge in [-0.3, -0.25) is 14.4 Å². The third-order valence-corrected chi connectivity index (χ3v) is 5.00. The molecule has 3 rings (SSSR count). The number of nitrogens with zero attached hydrogens (tertiary/aromatic N) is 2. The van der Waals surface area contributed by atoms with E-state index in [1.54, 1.807) is 35.1 Å². The smallest absolute Gasteiger partial charge is 0.308 e. The molecule has 2 aliphatic rings. The van der Waals surface area contributed by atoms with Crippen LogP contribution in [0.25, 0.3) is 0 Å². The lowest BCUT2D eigenvalue weighted by molar-refractivity contribution is -0.141. The van der Waals surface area contributed by atoms with Gasteiger partial charge in [0.2, 0.25) is 11.8 Å². The number of anilines is 1. The summed E-state index contributed by atoms with van der Waals surface area (Å²) in [5, 5.41) is 9.09. The summed E-state index contributed by atoms with van der Waals surface area (Å²) in [4.78, 5) is 39.4. The highest BCUT2D eigenvalue weighted by Gasteiger charge is 2.40. The molecule has 0 saturated carbocycles. The Bertz CT molecular complexity index is 734. The molecule has 2 heterocycles. The molecule has 2 atom stereocenters. The second-order valence-electron chi connectivity index (χ2n) is 6.55. The number of hydrogen-bond donors (Lipinski definition) is 1. The summed E-state index contributed by atoms with van der Waals surface area (Å²) < 4.78 is 10.5. The Morgan fingerprint density at radius 1 is 1.15 bits per heavy atom. The van der Waals surface area contributed by atoms with Crippen molar-refractivity contribution in [1.82, 2.24) is 4.90 Å². The Balaban J connectivity index is 1.73. The third-order valence-electron chi connectivity index (χ3n) is 5.00. The number of ether oxygens (including phenoxy) is 2. The minimum atomic E-state index is -0.882. The van der Waals surface area contributed by atoms with E-state index in [-0.39, 0.29) is 31.3 Å². The van der Waals surface area contributed by atoms with Gasteiger partial charge in [0, 0.05) is 32.1 Å². The van der Waals surface area contributed by atoms with Crippen LogP contribution >= 0.6 is 0 Å². The number of carbonyl (C=O) groups is 3. The highest BCUT2D eigenvalue weighted by atomic mass is 16.5. The first-order chi connectivity index (χ1) is 12.4. The number of aliphatic carboxylic acids is 1. The topological polar surface area (TPSA) is 96.4 Å². The number of carboxylic acids is 1. The lowest BCUT2D eigenvalue weighted by Crippen LogP contribution is -2.36. The van der Waals surface area contributed by atoms with Crippen LogP contribution in [-0.2, 0) is 14.4 Å². The zero-order chi connectivity index (χ0) is 18.8. The van der Waals surface area contributed by atoms with Crippen molar-refractivity contribution in [3.8, 4) is 11.5 Å². The van der Waals surface area contributed by atoms with E-state index in [0.29, 0.717) is 30.2 Å². The van der Waals surface area contributed by atoms with Crippen molar-refractivity contribution in [3.05, 3.63) is 18.2 Å². The molecule has 0 unspecified atom stereocenters. The van der Waals surface area contributed by atoms with Gasteiger partial charge in [0.1, 0.15) is 11.5 Å². The zero-order valence-electron chi connectivity index (χ0n) is 14.8. The Labute approximate surface area is 151 Å². The molecule has 2 amide bonds. The van der Waals surface area contributed by atoms with E-state index in [1.165, 1.54) is 7.11 Å². The second-order valence-corrected chi connectivity index (χ2v) is 6.55. The first-order valence-corrected chi connectivity index (χ1v) is 8.48. The van der Waals surface area contributed by atoms with Gasteiger partial charge >= 0.3 is 5.97 Å². The fourth-order valence-corrected chi connectivity index (χ4v) is 3.53. The van der Waals surface area contributed by atoms with Crippen molar-refractivity contribution in [1.29, 1.82) is 0 Å². The van der Waals surface area contributed by atoms with Crippen LogP contribution in [0, 0.1) is 11.8 Å². The number of rotatable bonds is 5. The number of carboxylic acid groups (broad SMARTS) is 1. The molecule has 1 aromatic carbocycles. The van der Waals surface area contributed by atoms with Crippen LogP contribution in [-0.4, -0.2) is 61.6 Å². The van der Waals surface area contributed by atoms with Crippen LogP contribution in [0.15, 0.2) is 18.2 Å². The van der Waals surface area contributed by atoms with Crippen molar-refractivity contribution in [2.75, 3.05) is 38.8 Å². The molecule has 0 aromatic heterocycles. The fraction of sp³-hybridized carbons (Fsp3) is 0.500. The summed E-state index contributed by atoms with van der Waals surface area (Å²) in [5.74, 6) is -1.07. The third kappa shape index (κ3) is 3.31. The SMILES string of the molecule is COc1ccc(N2C[C@@H](C(=O)N3CC[C@H](C(=O)O)C3)CC2=O)c(OC)c1. The van der Waals surface area contributed by atoms with E-state index < -0.39 is 17.8 Å². The molecular formula is C18H22N2O6. The Morgan fingerprint density at radius 3 is 2.54 bits per heavy atom. The van der Waals surface area contributed by atoms with Crippen molar-refractivity contribution >= 4 is 23.5 Å². The van der Waals surface area contributed by atoms with E-state index in [9.17, 15) is 14.4 Å². The molecular weight excluding hydrogens is 340 g/mol. The zero-order valence-corrected chi connectivity index (χ0v) is 14.8. The lowest BCUT2D eigenvalue weighted by atomic mass is 10.1. The molecule has 140 valence electrons. The number of methoxy groups -OCH3 is 2. The predicted molar refractivity (Wildman–Crippen MR) is 92.3 cm³/mol. The average Bonchev–Trinajstić information content (AvgIpc) is 3.27. The second kappa shape index (κ2) is 7.23. The van der Waals surface area contributed by atoms with Gasteiger partial charge in [0.25, 0.3) is 0 Å². The molecule has 26 heavy (non-hydrogen) atoms. The summed E-state index contributed by atoms with van der Waals surface area (Å²) in [6.45, 7) is 0.894. The Hall–Kier alpha value is -2.77. The first-order valence-electron chi connectivity index (χ1n) is 8.48. The van der Waals surface area contributed by atoms with E-state index >= 15 is 0 Å². The molecule has 2 aliphatic heterocycles. The summed E-state index contributed by atoms with van der Waals surface area (Å²) >= 11 is 0. The highest BCUT2D eigenvalue weighted by molar-refractivity contribution is 6.01. The minimum absolute atomic E-state index is 0.113. The highest BCUT2D eigenvalue weighted by Crippen LogP contribution is 2.36. The van der Waals surface area contributed by atoms with Gasteiger partial charge in [0.05, 0.1) is 31.7 Å². The predicted octanol–water partition coefficient (Wildman–Crippen LogP) is 0.990. The van der Waals surface area contributed by atoms with E-state index in [1.807, 2.05) is 0 Å². The van der Waals surface area contributed by atoms with Crippen LogP contribution in [0.5, 0.6) is 11.5 Å². The minimum Gasteiger partial charge on any atom is -0.497 e. The maximum absolute atomic E-state index is 12.7. The molecule has 0 aliphatic carbocycles. The standard InChI is InChI=1S/C18H22N2O6/c1-25-13-3-4-14(15(8-13)26-2)20-10-12(7-16(20)21)17(22)19-6-5-11(9-19)18(23)24/h3-4,8,11-12H,5-7,9-10H2,1-2H3,(H,23,24)/t11-,12-/m0/s1. The van der Waals surface area contributed by atoms with Gasteiger partial charge in [0.15, 0.2) is 0 Å². The maximum atomic E-state index is 12.7. The van der Waals surface area contributed by atoms with Crippen molar-refractivity contribution < 1.29 is 29.0 Å². The monoisotopic (exact) mass is 362 g/mol. The largest absolute Gasteiger partial charge is 0.497 e. The Kier molecular flexibility index (Phi) is 5.01. The van der Waals surface area contributed by atoms with E-state index in [4.69, 9.17) is 14.6 Å². The number of benzene rings is 1. The van der Waals surface area contributed by atoms with E-state index in [2.05, 4.69) is 0 Å². The molecule has 2 saturated heterocycles. The number of carbonyl (C=O) groups excluding carboxylic acids is 2. The Morgan fingerprint density at radius 2 is 1.92 bits per heavy atom. The average molecular weight is 362 g/mol. The van der Waals surface area contributed by atoms with Crippen molar-refractivity contribution in [2.45, 2.75) is 12.8 Å². The van der Waals surface area contributed by atoms with Crippen molar-refractivity contribution in [3.63, 3.8) is 0 Å². The van der Waals surface area contributed by atoms with Gasteiger partial charge in [-0.25, -0.2) is 0 Å². The maximum Gasteiger partial charge on any atom is 0.308 e. The molecule has 0 radical (unpaired) electrons. The van der Waals surface area contributed by atoms with Gasteiger partial charge in [-0.15, -0.1) is 0 Å².